The molecule has 0 spiro atoms. The first-order valence-corrected chi connectivity index (χ1v) is 4.48. The zero-order valence-corrected chi connectivity index (χ0v) is 6.89. The van der Waals surface area contributed by atoms with Gasteiger partial charge < -0.3 is 13.9 Å². The molecule has 0 unspecified atom stereocenters. The van der Waals surface area contributed by atoms with Crippen molar-refractivity contribution >= 4 is 7.82 Å². The minimum atomic E-state index is -3.92. The third-order valence-electron chi connectivity index (χ3n) is 1.23. The molecule has 1 aliphatic rings. The molecule has 0 aromatic carbocycles. The van der Waals surface area contributed by atoms with E-state index in [0.717, 1.165) is 0 Å². The van der Waals surface area contributed by atoms with Crippen molar-refractivity contribution in [3.05, 3.63) is 0 Å². The summed E-state index contributed by atoms with van der Waals surface area (Å²) >= 11 is 0. The lowest BCUT2D eigenvalue weighted by Crippen LogP contribution is -2.31. The van der Waals surface area contributed by atoms with Crippen molar-refractivity contribution in [2.45, 2.75) is 13.8 Å². The normalized spacial score (nSPS) is 29.9. The molecule has 1 heterocycles. The Labute approximate surface area is 59.8 Å². The lowest BCUT2D eigenvalue weighted by atomic mass is 9.97. The minimum absolute atomic E-state index is 0.182. The standard InChI is InChI=1S/C5H11O4P/c1-5(2)3-8-10(6,7)9-4-5/h3-4H2,1-2H3,(H,6,7)/p-1. The van der Waals surface area contributed by atoms with E-state index in [1.165, 1.54) is 0 Å². The van der Waals surface area contributed by atoms with E-state index in [4.69, 9.17) is 0 Å². The molecule has 0 N–H and O–H groups in total. The monoisotopic (exact) mass is 165 g/mol. The van der Waals surface area contributed by atoms with Crippen LogP contribution in [0.25, 0.3) is 0 Å². The summed E-state index contributed by atoms with van der Waals surface area (Å²) in [6.45, 7) is 4.19. The van der Waals surface area contributed by atoms with Crippen LogP contribution in [-0.2, 0) is 13.6 Å². The highest BCUT2D eigenvalue weighted by atomic mass is 31.2. The van der Waals surface area contributed by atoms with Gasteiger partial charge in [0.15, 0.2) is 0 Å². The molecule has 0 bridgehead atoms. The van der Waals surface area contributed by atoms with Crippen LogP contribution in [-0.4, -0.2) is 13.2 Å². The predicted octanol–water partition coefficient (Wildman–Crippen LogP) is 0.528. The molecule has 60 valence electrons. The number of rotatable bonds is 0. The highest BCUT2D eigenvalue weighted by Gasteiger charge is 2.28. The SMILES string of the molecule is CC1(C)COP(=O)([O-])OC1. The quantitative estimate of drug-likeness (QED) is 0.491. The Hall–Kier alpha value is 0.110. The molecule has 0 aromatic rings. The molecule has 4 nitrogen and oxygen atoms in total. The van der Waals surface area contributed by atoms with E-state index in [1.54, 1.807) is 0 Å². The van der Waals surface area contributed by atoms with Gasteiger partial charge in [-0.2, -0.15) is 0 Å². The average Bonchev–Trinajstić information content (AvgIpc) is 1.79. The van der Waals surface area contributed by atoms with Crippen molar-refractivity contribution in [2.24, 2.45) is 5.41 Å². The smallest absolute Gasteiger partial charge is 0.267 e. The number of hydrogen-bond acceptors (Lipinski definition) is 4. The van der Waals surface area contributed by atoms with Gasteiger partial charge in [-0.15, -0.1) is 0 Å². The summed E-state index contributed by atoms with van der Waals surface area (Å²) in [5.41, 5.74) is -0.182. The van der Waals surface area contributed by atoms with Gasteiger partial charge in [0.1, 0.15) is 0 Å². The molecule has 0 aromatic heterocycles. The van der Waals surface area contributed by atoms with Crippen LogP contribution in [0.3, 0.4) is 0 Å². The van der Waals surface area contributed by atoms with Crippen molar-refractivity contribution in [3.8, 4) is 0 Å². The van der Waals surface area contributed by atoms with E-state index in [1.807, 2.05) is 13.8 Å². The van der Waals surface area contributed by atoms with Crippen LogP contribution in [0.1, 0.15) is 13.8 Å². The van der Waals surface area contributed by atoms with Crippen LogP contribution in [0.2, 0.25) is 0 Å². The van der Waals surface area contributed by atoms with Crippen LogP contribution in [0.15, 0.2) is 0 Å². The van der Waals surface area contributed by atoms with Crippen LogP contribution >= 0.6 is 7.82 Å². The zero-order chi connectivity index (χ0) is 7.83. The second-order valence-corrected chi connectivity index (χ2v) is 4.57. The summed E-state index contributed by atoms with van der Waals surface area (Å²) in [6, 6.07) is 0. The van der Waals surface area contributed by atoms with Crippen molar-refractivity contribution in [2.75, 3.05) is 13.2 Å². The number of hydrogen-bond donors (Lipinski definition) is 0. The Balaban J connectivity index is 2.54. The van der Waals surface area contributed by atoms with Gasteiger partial charge in [0.05, 0.1) is 13.2 Å². The van der Waals surface area contributed by atoms with E-state index >= 15 is 0 Å². The molecule has 1 aliphatic heterocycles. The van der Waals surface area contributed by atoms with Crippen molar-refractivity contribution < 1.29 is 18.5 Å². The van der Waals surface area contributed by atoms with Gasteiger partial charge in [0, 0.05) is 5.41 Å². The summed E-state index contributed by atoms with van der Waals surface area (Å²) in [5.74, 6) is 0. The first-order chi connectivity index (χ1) is 4.41. The fourth-order valence-electron chi connectivity index (χ4n) is 0.587. The molecule has 10 heavy (non-hydrogen) atoms. The first-order valence-electron chi connectivity index (χ1n) is 3.01. The van der Waals surface area contributed by atoms with Gasteiger partial charge in [0.2, 0.25) is 0 Å². The molecule has 5 heteroatoms. The van der Waals surface area contributed by atoms with Crippen molar-refractivity contribution in [3.63, 3.8) is 0 Å². The van der Waals surface area contributed by atoms with Gasteiger partial charge in [-0.1, -0.05) is 13.8 Å². The van der Waals surface area contributed by atoms with Gasteiger partial charge in [-0.25, -0.2) is 0 Å². The fraction of sp³-hybridized carbons (Fsp3) is 1.00. The summed E-state index contributed by atoms with van der Waals surface area (Å²) in [6.07, 6.45) is 0. The Morgan fingerprint density at radius 2 is 1.80 bits per heavy atom. The van der Waals surface area contributed by atoms with E-state index in [2.05, 4.69) is 9.05 Å². The zero-order valence-electron chi connectivity index (χ0n) is 5.99. The van der Waals surface area contributed by atoms with Gasteiger partial charge in [-0.05, 0) is 0 Å². The van der Waals surface area contributed by atoms with Crippen LogP contribution in [0, 0.1) is 5.41 Å². The second-order valence-electron chi connectivity index (χ2n) is 3.16. The Bertz CT molecular complexity index is 162. The summed E-state index contributed by atoms with van der Waals surface area (Å²) in [7, 11) is -3.92. The highest BCUT2D eigenvalue weighted by Crippen LogP contribution is 2.45. The minimum Gasteiger partial charge on any atom is -0.756 e. The first kappa shape index (κ1) is 8.21. The fourth-order valence-corrected chi connectivity index (χ4v) is 1.68. The Morgan fingerprint density at radius 1 is 1.40 bits per heavy atom. The molecule has 1 saturated heterocycles. The maximum Gasteiger partial charge on any atom is 0.267 e. The molecule has 0 radical (unpaired) electrons. The molecule has 1 rings (SSSR count). The molecule has 0 amide bonds. The molecular formula is C5H10O4P-. The van der Waals surface area contributed by atoms with Crippen molar-refractivity contribution in [1.29, 1.82) is 0 Å². The van der Waals surface area contributed by atoms with E-state index in [-0.39, 0.29) is 18.6 Å². The Kier molecular flexibility index (Phi) is 1.90. The number of phosphoric acid groups is 1. The second kappa shape index (κ2) is 2.31. The third kappa shape index (κ3) is 2.06. The van der Waals surface area contributed by atoms with Gasteiger partial charge >= 0.3 is 0 Å². The molecule has 1 fully saturated rings. The van der Waals surface area contributed by atoms with Gasteiger partial charge in [-0.3, -0.25) is 4.57 Å². The number of phosphoric ester groups is 1. The topological polar surface area (TPSA) is 58.6 Å². The maximum absolute atomic E-state index is 10.5. The summed E-state index contributed by atoms with van der Waals surface area (Å²) in [5, 5.41) is 0. The van der Waals surface area contributed by atoms with Crippen LogP contribution < -0.4 is 4.89 Å². The largest absolute Gasteiger partial charge is 0.756 e. The van der Waals surface area contributed by atoms with Crippen LogP contribution in [0.5, 0.6) is 0 Å². The van der Waals surface area contributed by atoms with Crippen molar-refractivity contribution in [1.82, 2.24) is 0 Å². The van der Waals surface area contributed by atoms with E-state index in [0.29, 0.717) is 0 Å². The molecule has 0 aliphatic carbocycles. The highest BCUT2D eigenvalue weighted by molar-refractivity contribution is 7.45. The average molecular weight is 165 g/mol. The molecular weight excluding hydrogens is 155 g/mol. The van der Waals surface area contributed by atoms with Gasteiger partial charge in [0.25, 0.3) is 7.82 Å². The summed E-state index contributed by atoms with van der Waals surface area (Å²) in [4.78, 5) is 10.5. The van der Waals surface area contributed by atoms with E-state index < -0.39 is 7.82 Å². The van der Waals surface area contributed by atoms with E-state index in [9.17, 15) is 9.46 Å². The molecule has 0 atom stereocenters. The predicted molar refractivity (Wildman–Crippen MR) is 33.3 cm³/mol. The maximum atomic E-state index is 10.5. The third-order valence-corrected chi connectivity index (χ3v) is 2.12. The lowest BCUT2D eigenvalue weighted by Gasteiger charge is -2.36. The molecule has 0 saturated carbocycles. The van der Waals surface area contributed by atoms with Crippen LogP contribution in [0.4, 0.5) is 0 Å². The Morgan fingerprint density at radius 3 is 2.10 bits per heavy atom. The summed E-state index contributed by atoms with van der Waals surface area (Å²) < 4.78 is 19.4. The lowest BCUT2D eigenvalue weighted by molar-refractivity contribution is -0.239.